The summed E-state index contributed by atoms with van der Waals surface area (Å²) in [6.07, 6.45) is 4.76. The molecule has 1 amide bonds. The van der Waals surface area contributed by atoms with Crippen molar-refractivity contribution in [3.8, 4) is 0 Å². The predicted octanol–water partition coefficient (Wildman–Crippen LogP) is 2.55. The zero-order valence-electron chi connectivity index (χ0n) is 11.5. The Morgan fingerprint density at radius 2 is 2.14 bits per heavy atom. The van der Waals surface area contributed by atoms with Crippen molar-refractivity contribution in [3.05, 3.63) is 66.1 Å². The van der Waals surface area contributed by atoms with Crippen LogP contribution in [0.25, 0.3) is 0 Å². The standard InChI is InChI=1S/C15H14N4O2/c1-11-13(10-21-18-11)15(20)19(9-14-16-7-8-17-14)12-5-3-2-4-6-12/h2-8,10H,9H2,1H3,(H,16,17). The van der Waals surface area contributed by atoms with Gasteiger partial charge in [0.05, 0.1) is 12.2 Å². The molecule has 2 heterocycles. The summed E-state index contributed by atoms with van der Waals surface area (Å²) in [5.41, 5.74) is 1.81. The van der Waals surface area contributed by atoms with E-state index >= 15 is 0 Å². The Bertz CT molecular complexity index is 719. The number of nitrogens with zero attached hydrogens (tertiary/aromatic N) is 3. The Labute approximate surface area is 121 Å². The number of H-pyrrole nitrogens is 1. The fourth-order valence-corrected chi connectivity index (χ4v) is 2.07. The lowest BCUT2D eigenvalue weighted by Crippen LogP contribution is -2.31. The molecule has 0 bridgehead atoms. The second kappa shape index (κ2) is 5.62. The van der Waals surface area contributed by atoms with E-state index in [0.29, 0.717) is 23.6 Å². The van der Waals surface area contributed by atoms with Gasteiger partial charge in [0.25, 0.3) is 5.91 Å². The zero-order chi connectivity index (χ0) is 14.7. The normalized spacial score (nSPS) is 10.5. The van der Waals surface area contributed by atoms with Gasteiger partial charge in [-0.05, 0) is 19.1 Å². The molecule has 0 aliphatic carbocycles. The molecule has 106 valence electrons. The molecule has 6 nitrogen and oxygen atoms in total. The molecule has 21 heavy (non-hydrogen) atoms. The number of rotatable bonds is 4. The monoisotopic (exact) mass is 282 g/mol. The summed E-state index contributed by atoms with van der Waals surface area (Å²) in [5.74, 6) is 0.540. The summed E-state index contributed by atoms with van der Waals surface area (Å²) in [5, 5.41) is 3.76. The number of aromatic amines is 1. The highest BCUT2D eigenvalue weighted by Gasteiger charge is 2.22. The molecule has 0 unspecified atom stereocenters. The van der Waals surface area contributed by atoms with Gasteiger partial charge in [0, 0.05) is 18.1 Å². The first-order valence-corrected chi connectivity index (χ1v) is 6.52. The van der Waals surface area contributed by atoms with E-state index in [4.69, 9.17) is 4.52 Å². The fourth-order valence-electron chi connectivity index (χ4n) is 2.07. The lowest BCUT2D eigenvalue weighted by Gasteiger charge is -2.21. The maximum absolute atomic E-state index is 12.7. The maximum atomic E-state index is 12.7. The molecule has 1 aromatic carbocycles. The van der Waals surface area contributed by atoms with Gasteiger partial charge in [-0.15, -0.1) is 0 Å². The summed E-state index contributed by atoms with van der Waals surface area (Å²) in [6, 6.07) is 9.44. The average molecular weight is 282 g/mol. The van der Waals surface area contributed by atoms with E-state index in [2.05, 4.69) is 15.1 Å². The van der Waals surface area contributed by atoms with Gasteiger partial charge in [-0.25, -0.2) is 4.98 Å². The molecule has 3 aromatic rings. The quantitative estimate of drug-likeness (QED) is 0.798. The van der Waals surface area contributed by atoms with Crippen molar-refractivity contribution in [3.63, 3.8) is 0 Å². The van der Waals surface area contributed by atoms with E-state index < -0.39 is 0 Å². The van der Waals surface area contributed by atoms with Crippen molar-refractivity contribution < 1.29 is 9.32 Å². The maximum Gasteiger partial charge on any atom is 0.263 e. The zero-order valence-corrected chi connectivity index (χ0v) is 11.5. The van der Waals surface area contributed by atoms with Crippen LogP contribution in [0.5, 0.6) is 0 Å². The van der Waals surface area contributed by atoms with E-state index in [-0.39, 0.29) is 5.91 Å². The Balaban J connectivity index is 1.96. The molecule has 0 fully saturated rings. The minimum atomic E-state index is -0.170. The first-order valence-electron chi connectivity index (χ1n) is 6.52. The first kappa shape index (κ1) is 13.1. The summed E-state index contributed by atoms with van der Waals surface area (Å²) in [6.45, 7) is 2.09. The predicted molar refractivity (Wildman–Crippen MR) is 76.8 cm³/mol. The Kier molecular flexibility index (Phi) is 3.51. The van der Waals surface area contributed by atoms with Crippen LogP contribution in [0.4, 0.5) is 5.69 Å². The molecule has 1 N–H and O–H groups in total. The molecule has 6 heteroatoms. The van der Waals surface area contributed by atoms with Crippen molar-refractivity contribution in [1.82, 2.24) is 15.1 Å². The third-order valence-corrected chi connectivity index (χ3v) is 3.16. The van der Waals surface area contributed by atoms with E-state index in [1.54, 1.807) is 24.2 Å². The number of hydrogen-bond acceptors (Lipinski definition) is 4. The molecule has 0 radical (unpaired) electrons. The van der Waals surface area contributed by atoms with Gasteiger partial charge in [0.15, 0.2) is 0 Å². The lowest BCUT2D eigenvalue weighted by atomic mass is 10.2. The molecule has 0 saturated heterocycles. The minimum absolute atomic E-state index is 0.170. The molecule has 0 aliphatic heterocycles. The van der Waals surface area contributed by atoms with Crippen LogP contribution in [0.3, 0.4) is 0 Å². The van der Waals surface area contributed by atoms with E-state index in [0.717, 1.165) is 5.69 Å². The fraction of sp³-hybridized carbons (Fsp3) is 0.133. The van der Waals surface area contributed by atoms with Crippen molar-refractivity contribution in [2.45, 2.75) is 13.5 Å². The van der Waals surface area contributed by atoms with Crippen molar-refractivity contribution in [2.24, 2.45) is 0 Å². The number of nitrogens with one attached hydrogen (secondary N) is 1. The summed E-state index contributed by atoms with van der Waals surface area (Å²) < 4.78 is 4.87. The molecular weight excluding hydrogens is 268 g/mol. The molecule has 3 rings (SSSR count). The lowest BCUT2D eigenvalue weighted by molar-refractivity contribution is 0.0983. The highest BCUT2D eigenvalue weighted by atomic mass is 16.5. The van der Waals surface area contributed by atoms with Gasteiger partial charge in [-0.3, -0.25) is 4.79 Å². The van der Waals surface area contributed by atoms with Crippen LogP contribution < -0.4 is 4.90 Å². The number of carbonyl (C=O) groups excluding carboxylic acids is 1. The number of imidazole rings is 1. The highest BCUT2D eigenvalue weighted by molar-refractivity contribution is 6.06. The van der Waals surface area contributed by atoms with E-state index in [9.17, 15) is 4.79 Å². The molecular formula is C15H14N4O2. The third kappa shape index (κ3) is 2.69. The number of benzene rings is 1. The van der Waals surface area contributed by atoms with Gasteiger partial charge < -0.3 is 14.4 Å². The topological polar surface area (TPSA) is 75.0 Å². The van der Waals surface area contributed by atoms with Crippen LogP contribution in [-0.2, 0) is 6.54 Å². The SMILES string of the molecule is Cc1nocc1C(=O)N(Cc1ncc[nH]1)c1ccccc1. The Morgan fingerprint density at radius 3 is 2.76 bits per heavy atom. The van der Waals surface area contributed by atoms with Crippen LogP contribution in [0.15, 0.2) is 53.5 Å². The minimum Gasteiger partial charge on any atom is -0.364 e. The summed E-state index contributed by atoms with van der Waals surface area (Å²) in [7, 11) is 0. The first-order chi connectivity index (χ1) is 10.3. The molecule has 0 atom stereocenters. The van der Waals surface area contributed by atoms with Crippen molar-refractivity contribution in [1.29, 1.82) is 0 Å². The Morgan fingerprint density at radius 1 is 1.33 bits per heavy atom. The summed E-state index contributed by atoms with van der Waals surface area (Å²) in [4.78, 5) is 21.6. The second-order valence-corrected chi connectivity index (χ2v) is 4.58. The van der Waals surface area contributed by atoms with Crippen LogP contribution in [0, 0.1) is 6.92 Å². The second-order valence-electron chi connectivity index (χ2n) is 4.58. The largest absolute Gasteiger partial charge is 0.364 e. The van der Waals surface area contributed by atoms with Gasteiger partial charge >= 0.3 is 0 Å². The van der Waals surface area contributed by atoms with Gasteiger partial charge in [0.1, 0.15) is 17.7 Å². The van der Waals surface area contributed by atoms with Gasteiger partial charge in [-0.2, -0.15) is 0 Å². The molecule has 0 spiro atoms. The van der Waals surface area contributed by atoms with Crippen LogP contribution in [0.2, 0.25) is 0 Å². The Hall–Kier alpha value is -2.89. The van der Waals surface area contributed by atoms with E-state index in [1.165, 1.54) is 6.26 Å². The van der Waals surface area contributed by atoms with Gasteiger partial charge in [0.2, 0.25) is 0 Å². The number of aryl methyl sites for hydroxylation is 1. The number of para-hydroxylation sites is 1. The van der Waals surface area contributed by atoms with Crippen molar-refractivity contribution >= 4 is 11.6 Å². The van der Waals surface area contributed by atoms with Crippen molar-refractivity contribution in [2.75, 3.05) is 4.90 Å². The molecule has 0 saturated carbocycles. The van der Waals surface area contributed by atoms with Gasteiger partial charge in [-0.1, -0.05) is 23.4 Å². The van der Waals surface area contributed by atoms with Crippen LogP contribution in [-0.4, -0.2) is 21.0 Å². The number of anilines is 1. The summed E-state index contributed by atoms with van der Waals surface area (Å²) >= 11 is 0. The average Bonchev–Trinajstić information content (AvgIpc) is 3.16. The van der Waals surface area contributed by atoms with Crippen LogP contribution >= 0.6 is 0 Å². The van der Waals surface area contributed by atoms with Crippen LogP contribution in [0.1, 0.15) is 21.9 Å². The van der Waals surface area contributed by atoms with E-state index in [1.807, 2.05) is 30.3 Å². The third-order valence-electron chi connectivity index (χ3n) is 3.16. The number of amides is 1. The smallest absolute Gasteiger partial charge is 0.263 e. The molecule has 2 aromatic heterocycles. The number of aromatic nitrogens is 3. The highest BCUT2D eigenvalue weighted by Crippen LogP contribution is 2.20. The number of hydrogen-bond donors (Lipinski definition) is 1. The number of carbonyl (C=O) groups is 1. The molecule has 0 aliphatic rings.